The number of aromatic nitrogens is 4. The van der Waals surface area contributed by atoms with Crippen molar-refractivity contribution in [3.8, 4) is 11.4 Å². The van der Waals surface area contributed by atoms with Crippen molar-refractivity contribution >= 4 is 16.9 Å². The third-order valence-corrected chi connectivity index (χ3v) is 7.14. The predicted octanol–water partition coefficient (Wildman–Crippen LogP) is 5.05. The molecule has 0 aliphatic heterocycles. The number of hydrogen-bond donors (Lipinski definition) is 1. The highest BCUT2D eigenvalue weighted by Gasteiger charge is 2.18. The summed E-state index contributed by atoms with van der Waals surface area (Å²) in [6.07, 6.45) is 15.6. The van der Waals surface area contributed by atoms with Gasteiger partial charge in [-0.25, -0.2) is 4.98 Å². The molecule has 1 amide bonds. The van der Waals surface area contributed by atoms with Crippen molar-refractivity contribution in [1.82, 2.24) is 25.0 Å². The van der Waals surface area contributed by atoms with E-state index in [2.05, 4.69) is 20.4 Å². The van der Waals surface area contributed by atoms with Gasteiger partial charge >= 0.3 is 0 Å². The lowest BCUT2D eigenvalue weighted by molar-refractivity contribution is -0.122. The smallest absolute Gasteiger partial charge is 0.226 e. The lowest BCUT2D eigenvalue weighted by Crippen LogP contribution is -2.36. The van der Waals surface area contributed by atoms with E-state index in [0.717, 1.165) is 54.1 Å². The monoisotopic (exact) mass is 435 g/mol. The molecule has 2 aliphatic rings. The Morgan fingerprint density at radius 2 is 1.91 bits per heavy atom. The molecule has 0 atom stereocenters. The first-order chi connectivity index (χ1) is 15.7. The second-order valence-electron chi connectivity index (χ2n) is 9.49. The number of fused-ring (bicyclic) bond motifs is 1. The zero-order chi connectivity index (χ0) is 21.8. The normalized spacial score (nSPS) is 17.9. The molecule has 32 heavy (non-hydrogen) atoms. The number of aryl methyl sites for hydroxylation is 2. The fraction of sp³-hybridized carbons (Fsp3) is 0.600. The second kappa shape index (κ2) is 9.84. The zero-order valence-electron chi connectivity index (χ0n) is 18.8. The number of benzene rings is 1. The van der Waals surface area contributed by atoms with E-state index in [-0.39, 0.29) is 5.91 Å². The highest BCUT2D eigenvalue weighted by Crippen LogP contribution is 2.29. The molecule has 1 N–H and O–H groups in total. The van der Waals surface area contributed by atoms with E-state index in [4.69, 9.17) is 4.52 Å². The Morgan fingerprint density at radius 1 is 1.09 bits per heavy atom. The van der Waals surface area contributed by atoms with Gasteiger partial charge in [-0.15, -0.1) is 0 Å². The number of hydrogen-bond acceptors (Lipinski definition) is 5. The summed E-state index contributed by atoms with van der Waals surface area (Å²) < 4.78 is 7.54. The van der Waals surface area contributed by atoms with Gasteiger partial charge in [-0.05, 0) is 43.4 Å². The van der Waals surface area contributed by atoms with Gasteiger partial charge in [0.1, 0.15) is 0 Å². The highest BCUT2D eigenvalue weighted by atomic mass is 16.5. The van der Waals surface area contributed by atoms with Crippen molar-refractivity contribution in [3.05, 3.63) is 30.4 Å². The van der Waals surface area contributed by atoms with Crippen LogP contribution in [0.2, 0.25) is 0 Å². The summed E-state index contributed by atoms with van der Waals surface area (Å²) in [6.45, 7) is 0.627. The van der Waals surface area contributed by atoms with Crippen LogP contribution in [-0.4, -0.2) is 31.6 Å². The molecule has 2 saturated carbocycles. The molecule has 5 rings (SSSR count). The summed E-state index contributed by atoms with van der Waals surface area (Å²) in [5.41, 5.74) is 2.81. The summed E-state index contributed by atoms with van der Waals surface area (Å²) in [7, 11) is 0. The van der Waals surface area contributed by atoms with Crippen LogP contribution in [0.25, 0.3) is 22.4 Å². The van der Waals surface area contributed by atoms with E-state index in [1.54, 1.807) is 0 Å². The molecule has 0 bridgehead atoms. The van der Waals surface area contributed by atoms with Crippen LogP contribution in [0.5, 0.6) is 0 Å². The lowest BCUT2D eigenvalue weighted by atomic mass is 9.95. The Balaban J connectivity index is 1.18. The molecule has 0 radical (unpaired) electrons. The van der Waals surface area contributed by atoms with Crippen LogP contribution in [-0.2, 0) is 17.8 Å². The molecule has 2 aliphatic carbocycles. The number of amides is 1. The van der Waals surface area contributed by atoms with Crippen molar-refractivity contribution < 1.29 is 9.32 Å². The average Bonchev–Trinajstić information content (AvgIpc) is 3.58. The number of rotatable bonds is 8. The molecule has 0 saturated heterocycles. The van der Waals surface area contributed by atoms with Gasteiger partial charge in [-0.2, -0.15) is 4.98 Å². The van der Waals surface area contributed by atoms with Crippen molar-refractivity contribution in [2.75, 3.05) is 0 Å². The van der Waals surface area contributed by atoms with E-state index in [1.165, 1.54) is 44.9 Å². The van der Waals surface area contributed by atoms with Gasteiger partial charge in [0, 0.05) is 31.0 Å². The Morgan fingerprint density at radius 3 is 2.75 bits per heavy atom. The molecule has 7 nitrogen and oxygen atoms in total. The first-order valence-corrected chi connectivity index (χ1v) is 12.3. The molecule has 3 aromatic rings. The number of carbonyl (C=O) groups is 1. The standard InChI is InChI=1S/C25H33N5O2/c31-23(27-20-8-2-1-3-9-20)14-15-30-17-26-21-16-19(11-12-22(21)30)25-28-24(32-29-25)13-10-18-6-4-5-7-18/h11-12,16-18,20H,1-10,13-15H2,(H,27,31). The van der Waals surface area contributed by atoms with Crippen LogP contribution in [0.15, 0.2) is 29.0 Å². The van der Waals surface area contributed by atoms with Crippen LogP contribution in [0, 0.1) is 5.92 Å². The largest absolute Gasteiger partial charge is 0.353 e. The number of nitrogens with one attached hydrogen (secondary N) is 1. The maximum absolute atomic E-state index is 12.3. The molecule has 7 heteroatoms. The first kappa shape index (κ1) is 21.2. The summed E-state index contributed by atoms with van der Waals surface area (Å²) in [4.78, 5) is 21.5. The van der Waals surface area contributed by atoms with E-state index >= 15 is 0 Å². The lowest BCUT2D eigenvalue weighted by Gasteiger charge is -2.22. The topological polar surface area (TPSA) is 85.8 Å². The Bertz CT molecular complexity index is 1040. The van der Waals surface area contributed by atoms with Gasteiger partial charge in [-0.1, -0.05) is 50.1 Å². The van der Waals surface area contributed by atoms with Gasteiger partial charge in [0.25, 0.3) is 0 Å². The van der Waals surface area contributed by atoms with Crippen molar-refractivity contribution in [2.45, 2.75) is 89.6 Å². The van der Waals surface area contributed by atoms with E-state index < -0.39 is 0 Å². The van der Waals surface area contributed by atoms with Crippen LogP contribution in [0.4, 0.5) is 0 Å². The first-order valence-electron chi connectivity index (χ1n) is 12.3. The minimum absolute atomic E-state index is 0.132. The van der Waals surface area contributed by atoms with Crippen LogP contribution < -0.4 is 5.32 Å². The zero-order valence-corrected chi connectivity index (χ0v) is 18.8. The van der Waals surface area contributed by atoms with Crippen LogP contribution >= 0.6 is 0 Å². The van der Waals surface area contributed by atoms with Gasteiger partial charge < -0.3 is 14.4 Å². The van der Waals surface area contributed by atoms with Gasteiger partial charge in [0.2, 0.25) is 17.6 Å². The fourth-order valence-electron chi connectivity index (χ4n) is 5.25. The Labute approximate surface area is 189 Å². The minimum Gasteiger partial charge on any atom is -0.353 e. The molecular formula is C25H33N5O2. The average molecular weight is 436 g/mol. The third kappa shape index (κ3) is 5.03. The molecule has 170 valence electrons. The SMILES string of the molecule is O=C(CCn1cnc2cc(-c3noc(CCC4CCCC4)n3)ccc21)NC1CCCCC1. The van der Waals surface area contributed by atoms with Gasteiger partial charge in [-0.3, -0.25) is 4.79 Å². The number of imidazole rings is 1. The van der Waals surface area contributed by atoms with Gasteiger partial charge in [0.05, 0.1) is 17.4 Å². The third-order valence-electron chi connectivity index (χ3n) is 7.14. The van der Waals surface area contributed by atoms with Crippen LogP contribution in [0.3, 0.4) is 0 Å². The maximum Gasteiger partial charge on any atom is 0.226 e. The minimum atomic E-state index is 0.132. The van der Waals surface area contributed by atoms with E-state index in [0.29, 0.717) is 24.8 Å². The molecule has 2 fully saturated rings. The van der Waals surface area contributed by atoms with Crippen molar-refractivity contribution in [1.29, 1.82) is 0 Å². The highest BCUT2D eigenvalue weighted by molar-refractivity contribution is 5.81. The molecular weight excluding hydrogens is 402 g/mol. The van der Waals surface area contributed by atoms with E-state index in [1.807, 2.05) is 29.1 Å². The number of nitrogens with zero attached hydrogens (tertiary/aromatic N) is 4. The number of carbonyl (C=O) groups excluding carboxylic acids is 1. The summed E-state index contributed by atoms with van der Waals surface area (Å²) in [5, 5.41) is 7.38. The summed E-state index contributed by atoms with van der Waals surface area (Å²) in [6, 6.07) is 6.40. The second-order valence-corrected chi connectivity index (χ2v) is 9.49. The molecule has 1 aromatic carbocycles. The Kier molecular flexibility index (Phi) is 6.51. The molecule has 2 heterocycles. The summed E-state index contributed by atoms with van der Waals surface area (Å²) in [5.74, 6) is 2.29. The van der Waals surface area contributed by atoms with E-state index in [9.17, 15) is 4.79 Å². The quantitative estimate of drug-likeness (QED) is 0.535. The Hall–Kier alpha value is -2.70. The van der Waals surface area contributed by atoms with Crippen LogP contribution in [0.1, 0.15) is 76.5 Å². The van der Waals surface area contributed by atoms with Crippen molar-refractivity contribution in [2.24, 2.45) is 5.92 Å². The maximum atomic E-state index is 12.3. The van der Waals surface area contributed by atoms with Crippen molar-refractivity contribution in [3.63, 3.8) is 0 Å². The van der Waals surface area contributed by atoms with Gasteiger partial charge in [0.15, 0.2) is 0 Å². The summed E-state index contributed by atoms with van der Waals surface area (Å²) >= 11 is 0. The molecule has 2 aromatic heterocycles. The molecule has 0 unspecified atom stereocenters. The predicted molar refractivity (Wildman–Crippen MR) is 123 cm³/mol. The fourth-order valence-corrected chi connectivity index (χ4v) is 5.25. The molecule has 0 spiro atoms.